The summed E-state index contributed by atoms with van der Waals surface area (Å²) in [4.78, 5) is 2.73. The highest BCUT2D eigenvalue weighted by molar-refractivity contribution is 5.33. The zero-order valence-corrected chi connectivity index (χ0v) is 12.8. The lowest BCUT2D eigenvalue weighted by molar-refractivity contribution is 0.131. The van der Waals surface area contributed by atoms with E-state index in [0.29, 0.717) is 0 Å². The molecule has 1 N–H and O–H groups in total. The molecule has 1 unspecified atom stereocenters. The van der Waals surface area contributed by atoms with Crippen molar-refractivity contribution in [2.24, 2.45) is 0 Å². The van der Waals surface area contributed by atoms with E-state index in [1.165, 1.54) is 56.2 Å². The van der Waals surface area contributed by atoms with E-state index < -0.39 is 0 Å². The minimum Gasteiger partial charge on any atom is -0.312 e. The number of fused-ring (bicyclic) bond motifs is 1. The van der Waals surface area contributed by atoms with Crippen molar-refractivity contribution in [3.63, 3.8) is 0 Å². The van der Waals surface area contributed by atoms with Crippen LogP contribution in [0.3, 0.4) is 0 Å². The number of rotatable bonds is 4. The number of nitrogens with zero attached hydrogens (tertiary/aromatic N) is 1. The van der Waals surface area contributed by atoms with Crippen molar-refractivity contribution >= 4 is 0 Å². The summed E-state index contributed by atoms with van der Waals surface area (Å²) in [6.45, 7) is 6.95. The van der Waals surface area contributed by atoms with Crippen LogP contribution in [0.4, 0.5) is 0 Å². The van der Waals surface area contributed by atoms with Crippen LogP contribution in [0.2, 0.25) is 0 Å². The number of nitrogens with one attached hydrogen (secondary N) is 1. The second-order valence-corrected chi connectivity index (χ2v) is 6.44. The predicted molar refractivity (Wildman–Crippen MR) is 84.8 cm³/mol. The van der Waals surface area contributed by atoms with E-state index in [4.69, 9.17) is 0 Å². The van der Waals surface area contributed by atoms with E-state index in [9.17, 15) is 0 Å². The molecule has 110 valence electrons. The molecular weight excluding hydrogens is 244 g/mol. The molecule has 1 atom stereocenters. The van der Waals surface area contributed by atoms with E-state index >= 15 is 0 Å². The number of likely N-dealkylation sites (tertiary alicyclic amines) is 1. The number of piperidine rings is 1. The lowest BCUT2D eigenvalue weighted by Crippen LogP contribution is -2.38. The minimum absolute atomic E-state index is 0.822. The van der Waals surface area contributed by atoms with Crippen molar-refractivity contribution in [2.45, 2.75) is 64.6 Å². The van der Waals surface area contributed by atoms with Crippen LogP contribution in [0.5, 0.6) is 0 Å². The van der Waals surface area contributed by atoms with E-state index in [-0.39, 0.29) is 0 Å². The zero-order chi connectivity index (χ0) is 13.8. The maximum absolute atomic E-state index is 3.49. The highest BCUT2D eigenvalue weighted by Crippen LogP contribution is 2.24. The molecule has 20 heavy (non-hydrogen) atoms. The first kappa shape index (κ1) is 14.1. The molecule has 1 saturated heterocycles. The summed E-state index contributed by atoms with van der Waals surface area (Å²) in [5.41, 5.74) is 4.59. The Balaban J connectivity index is 1.69. The third-order valence-corrected chi connectivity index (χ3v) is 4.91. The summed E-state index contributed by atoms with van der Waals surface area (Å²) in [6, 6.07) is 7.99. The van der Waals surface area contributed by atoms with Crippen molar-refractivity contribution in [1.29, 1.82) is 0 Å². The first-order valence-electron chi connectivity index (χ1n) is 8.42. The standard InChI is InChI=1S/C18H28N2/c1-2-5-18-6-3-4-11-20(18)14-15-7-8-16-9-10-19-13-17(16)12-15/h7-8,12,18-19H,2-6,9-11,13-14H2,1H3. The van der Waals surface area contributed by atoms with Gasteiger partial charge in [-0.05, 0) is 55.5 Å². The predicted octanol–water partition coefficient (Wildman–Crippen LogP) is 3.49. The first-order chi connectivity index (χ1) is 9.86. The van der Waals surface area contributed by atoms with Gasteiger partial charge in [0.15, 0.2) is 0 Å². The van der Waals surface area contributed by atoms with Gasteiger partial charge in [-0.2, -0.15) is 0 Å². The molecule has 1 fully saturated rings. The molecule has 2 nitrogen and oxygen atoms in total. The van der Waals surface area contributed by atoms with E-state index in [0.717, 1.165) is 25.7 Å². The number of hydrogen-bond donors (Lipinski definition) is 1. The van der Waals surface area contributed by atoms with Crippen LogP contribution < -0.4 is 5.32 Å². The highest BCUT2D eigenvalue weighted by Gasteiger charge is 2.21. The monoisotopic (exact) mass is 272 g/mol. The van der Waals surface area contributed by atoms with Crippen LogP contribution in [0.15, 0.2) is 18.2 Å². The smallest absolute Gasteiger partial charge is 0.0236 e. The fourth-order valence-electron chi connectivity index (χ4n) is 3.79. The Bertz CT molecular complexity index is 439. The lowest BCUT2D eigenvalue weighted by Gasteiger charge is -2.36. The van der Waals surface area contributed by atoms with Gasteiger partial charge >= 0.3 is 0 Å². The van der Waals surface area contributed by atoms with Crippen molar-refractivity contribution in [3.05, 3.63) is 34.9 Å². The molecule has 3 rings (SSSR count). The molecule has 0 aromatic heterocycles. The first-order valence-corrected chi connectivity index (χ1v) is 8.42. The molecule has 2 heterocycles. The van der Waals surface area contributed by atoms with Gasteiger partial charge < -0.3 is 5.32 Å². The topological polar surface area (TPSA) is 15.3 Å². The van der Waals surface area contributed by atoms with Gasteiger partial charge in [-0.15, -0.1) is 0 Å². The SMILES string of the molecule is CCCC1CCCCN1Cc1ccc2c(c1)CNCC2. The van der Waals surface area contributed by atoms with E-state index in [1.54, 1.807) is 5.56 Å². The third-order valence-electron chi connectivity index (χ3n) is 4.91. The van der Waals surface area contributed by atoms with Gasteiger partial charge in [-0.25, -0.2) is 0 Å². The van der Waals surface area contributed by atoms with Gasteiger partial charge in [0, 0.05) is 19.1 Å². The fourth-order valence-corrected chi connectivity index (χ4v) is 3.79. The lowest BCUT2D eigenvalue weighted by atomic mass is 9.95. The summed E-state index contributed by atoms with van der Waals surface area (Å²) in [7, 11) is 0. The van der Waals surface area contributed by atoms with Crippen LogP contribution in [0.25, 0.3) is 0 Å². The zero-order valence-electron chi connectivity index (χ0n) is 12.8. The maximum atomic E-state index is 3.49. The Labute approximate surface area is 123 Å². The average molecular weight is 272 g/mol. The molecule has 0 spiro atoms. The largest absolute Gasteiger partial charge is 0.312 e. The molecule has 2 heteroatoms. The fraction of sp³-hybridized carbons (Fsp3) is 0.667. The van der Waals surface area contributed by atoms with Crippen molar-refractivity contribution in [2.75, 3.05) is 13.1 Å². The number of hydrogen-bond acceptors (Lipinski definition) is 2. The van der Waals surface area contributed by atoms with Crippen molar-refractivity contribution < 1.29 is 0 Å². The molecule has 0 amide bonds. The molecule has 0 saturated carbocycles. The van der Waals surface area contributed by atoms with Crippen LogP contribution in [-0.2, 0) is 19.5 Å². The van der Waals surface area contributed by atoms with Gasteiger partial charge in [0.2, 0.25) is 0 Å². The van der Waals surface area contributed by atoms with Crippen molar-refractivity contribution in [1.82, 2.24) is 10.2 Å². The van der Waals surface area contributed by atoms with Gasteiger partial charge in [0.25, 0.3) is 0 Å². The summed E-state index contributed by atoms with van der Waals surface area (Å²) in [6.07, 6.45) is 8.09. The van der Waals surface area contributed by atoms with E-state index in [2.05, 4.69) is 35.3 Å². The third kappa shape index (κ3) is 3.24. The van der Waals surface area contributed by atoms with Gasteiger partial charge in [-0.3, -0.25) is 4.90 Å². The highest BCUT2D eigenvalue weighted by atomic mass is 15.2. The molecule has 2 aliphatic rings. The normalized spacial score (nSPS) is 23.6. The van der Waals surface area contributed by atoms with Crippen LogP contribution in [0, 0.1) is 0 Å². The molecular formula is C18H28N2. The molecule has 1 aromatic carbocycles. The van der Waals surface area contributed by atoms with E-state index in [1.807, 2.05) is 0 Å². The van der Waals surface area contributed by atoms with Crippen molar-refractivity contribution in [3.8, 4) is 0 Å². The van der Waals surface area contributed by atoms with Crippen LogP contribution >= 0.6 is 0 Å². The Morgan fingerprint density at radius 1 is 1.25 bits per heavy atom. The van der Waals surface area contributed by atoms with Gasteiger partial charge in [0.05, 0.1) is 0 Å². The van der Waals surface area contributed by atoms with Crippen LogP contribution in [0.1, 0.15) is 55.7 Å². The molecule has 0 radical (unpaired) electrons. The summed E-state index contributed by atoms with van der Waals surface area (Å²) < 4.78 is 0. The molecule has 2 aliphatic heterocycles. The average Bonchev–Trinajstić information content (AvgIpc) is 2.49. The Morgan fingerprint density at radius 3 is 3.10 bits per heavy atom. The molecule has 0 bridgehead atoms. The Kier molecular flexibility index (Phi) is 4.74. The summed E-state index contributed by atoms with van der Waals surface area (Å²) in [5.74, 6) is 0. The molecule has 1 aromatic rings. The second-order valence-electron chi connectivity index (χ2n) is 6.44. The van der Waals surface area contributed by atoms with Gasteiger partial charge in [-0.1, -0.05) is 38.0 Å². The Morgan fingerprint density at radius 2 is 2.20 bits per heavy atom. The summed E-state index contributed by atoms with van der Waals surface area (Å²) in [5, 5.41) is 3.49. The Hall–Kier alpha value is -0.860. The van der Waals surface area contributed by atoms with Crippen LogP contribution in [-0.4, -0.2) is 24.0 Å². The number of benzene rings is 1. The maximum Gasteiger partial charge on any atom is 0.0236 e. The quantitative estimate of drug-likeness (QED) is 0.902. The van der Waals surface area contributed by atoms with Gasteiger partial charge in [0.1, 0.15) is 0 Å². The second kappa shape index (κ2) is 6.73. The minimum atomic E-state index is 0.822. The summed E-state index contributed by atoms with van der Waals surface area (Å²) >= 11 is 0. The molecule has 0 aliphatic carbocycles.